The molecule has 0 aliphatic carbocycles. The smallest absolute Gasteiger partial charge is 0.266 e. The lowest BCUT2D eigenvalue weighted by molar-refractivity contribution is -0.112. The Morgan fingerprint density at radius 1 is 1.27 bits per heavy atom. The first kappa shape index (κ1) is 20.0. The summed E-state index contributed by atoms with van der Waals surface area (Å²) in [7, 11) is 0. The van der Waals surface area contributed by atoms with Gasteiger partial charge in [0, 0.05) is 10.2 Å². The van der Waals surface area contributed by atoms with Crippen LogP contribution in [0.25, 0.3) is 6.08 Å². The zero-order valence-corrected chi connectivity index (χ0v) is 17.0. The molecule has 0 saturated heterocycles. The van der Waals surface area contributed by atoms with Gasteiger partial charge in [0.25, 0.3) is 5.91 Å². The quantitative estimate of drug-likeness (QED) is 0.450. The lowest BCUT2D eigenvalue weighted by Crippen LogP contribution is -2.13. The number of nitriles is 2. The van der Waals surface area contributed by atoms with Gasteiger partial charge in [-0.1, -0.05) is 33.6 Å². The Hall–Kier alpha value is -2.32. The maximum Gasteiger partial charge on any atom is 0.266 e. The standard InChI is InChI=1S/C18H10Br2ClN3O2/c19-13-2-1-3-14(9-13)24-18(25)12(10-23)6-11-7-15(20)17(16(21)8-11)26-5-4-22/h1-3,6-9H,5H2,(H,24,25)/b12-6-. The number of nitrogens with zero attached hydrogens (tertiary/aromatic N) is 2. The minimum Gasteiger partial charge on any atom is -0.476 e. The molecule has 0 radical (unpaired) electrons. The van der Waals surface area contributed by atoms with Crippen molar-refractivity contribution in [1.82, 2.24) is 0 Å². The summed E-state index contributed by atoms with van der Waals surface area (Å²) in [4.78, 5) is 12.3. The summed E-state index contributed by atoms with van der Waals surface area (Å²) in [6, 6.07) is 14.0. The predicted octanol–water partition coefficient (Wildman–Crippen LogP) is 5.31. The number of anilines is 1. The molecule has 130 valence electrons. The highest BCUT2D eigenvalue weighted by Gasteiger charge is 2.13. The van der Waals surface area contributed by atoms with Gasteiger partial charge < -0.3 is 10.1 Å². The van der Waals surface area contributed by atoms with Crippen molar-refractivity contribution in [2.75, 3.05) is 11.9 Å². The fourth-order valence-corrected chi connectivity index (χ4v) is 3.37. The molecule has 0 aliphatic heterocycles. The Labute approximate surface area is 172 Å². The lowest BCUT2D eigenvalue weighted by Gasteiger charge is -2.09. The molecule has 0 heterocycles. The fraction of sp³-hybridized carbons (Fsp3) is 0.0556. The van der Waals surface area contributed by atoms with Crippen molar-refractivity contribution in [3.63, 3.8) is 0 Å². The van der Waals surface area contributed by atoms with Crippen LogP contribution in [-0.4, -0.2) is 12.5 Å². The molecular weight excluding hydrogens is 485 g/mol. The van der Waals surface area contributed by atoms with Crippen molar-refractivity contribution < 1.29 is 9.53 Å². The van der Waals surface area contributed by atoms with Crippen molar-refractivity contribution >= 4 is 61.1 Å². The van der Waals surface area contributed by atoms with E-state index in [1.165, 1.54) is 6.08 Å². The van der Waals surface area contributed by atoms with Crippen LogP contribution in [-0.2, 0) is 4.79 Å². The minimum atomic E-state index is -0.539. The third kappa shape index (κ3) is 5.34. The molecule has 0 aromatic heterocycles. The molecule has 2 rings (SSSR count). The van der Waals surface area contributed by atoms with E-state index in [2.05, 4.69) is 37.2 Å². The zero-order valence-electron chi connectivity index (χ0n) is 13.1. The summed E-state index contributed by atoms with van der Waals surface area (Å²) in [5.74, 6) is -0.217. The monoisotopic (exact) mass is 493 g/mol. The predicted molar refractivity (Wildman–Crippen MR) is 107 cm³/mol. The topological polar surface area (TPSA) is 85.9 Å². The van der Waals surface area contributed by atoms with Gasteiger partial charge in [-0.15, -0.1) is 0 Å². The number of benzene rings is 2. The van der Waals surface area contributed by atoms with Crippen molar-refractivity contribution in [1.29, 1.82) is 10.5 Å². The first-order chi connectivity index (χ1) is 12.4. The van der Waals surface area contributed by atoms with E-state index >= 15 is 0 Å². The van der Waals surface area contributed by atoms with E-state index in [1.54, 1.807) is 30.3 Å². The molecular formula is C18H10Br2ClN3O2. The van der Waals surface area contributed by atoms with Gasteiger partial charge in [-0.2, -0.15) is 10.5 Å². The molecule has 0 spiro atoms. The van der Waals surface area contributed by atoms with Gasteiger partial charge in [-0.25, -0.2) is 0 Å². The Bertz CT molecular complexity index is 939. The molecule has 8 heteroatoms. The SMILES string of the molecule is N#CCOc1c(Cl)cc(/C=C(/C#N)C(=O)Nc2cccc(Br)c2)cc1Br. The van der Waals surface area contributed by atoms with Gasteiger partial charge in [0.05, 0.1) is 9.50 Å². The number of hydrogen-bond acceptors (Lipinski definition) is 4. The average Bonchev–Trinajstić information content (AvgIpc) is 2.59. The molecule has 26 heavy (non-hydrogen) atoms. The Balaban J connectivity index is 2.27. The van der Waals surface area contributed by atoms with Crippen molar-refractivity contribution in [3.05, 3.63) is 61.5 Å². The van der Waals surface area contributed by atoms with E-state index in [-0.39, 0.29) is 17.2 Å². The Morgan fingerprint density at radius 3 is 2.65 bits per heavy atom. The number of carbonyl (C=O) groups is 1. The second-order valence-corrected chi connectivity index (χ2v) is 7.07. The first-order valence-electron chi connectivity index (χ1n) is 7.12. The minimum absolute atomic E-state index is 0.0846. The number of amides is 1. The highest BCUT2D eigenvalue weighted by molar-refractivity contribution is 9.10. The van der Waals surface area contributed by atoms with E-state index in [9.17, 15) is 10.1 Å². The van der Waals surface area contributed by atoms with Crippen LogP contribution in [0.5, 0.6) is 5.75 Å². The van der Waals surface area contributed by atoms with Gasteiger partial charge in [0.2, 0.25) is 0 Å². The number of halogens is 3. The van der Waals surface area contributed by atoms with Crippen LogP contribution >= 0.6 is 43.5 Å². The number of ether oxygens (including phenoxy) is 1. The zero-order chi connectivity index (χ0) is 19.1. The van der Waals surface area contributed by atoms with Crippen LogP contribution in [0, 0.1) is 22.7 Å². The highest BCUT2D eigenvalue weighted by Crippen LogP contribution is 2.35. The molecule has 0 aliphatic rings. The Morgan fingerprint density at radius 2 is 2.04 bits per heavy atom. The summed E-state index contributed by atoms with van der Waals surface area (Å²) < 4.78 is 6.55. The van der Waals surface area contributed by atoms with Gasteiger partial charge >= 0.3 is 0 Å². The van der Waals surface area contributed by atoms with Gasteiger partial charge in [-0.3, -0.25) is 4.79 Å². The average molecular weight is 496 g/mol. The molecule has 2 aromatic carbocycles. The van der Waals surface area contributed by atoms with Crippen LogP contribution in [0.15, 0.2) is 50.9 Å². The molecule has 5 nitrogen and oxygen atoms in total. The number of rotatable bonds is 5. The maximum atomic E-state index is 12.3. The summed E-state index contributed by atoms with van der Waals surface area (Å²) in [6.07, 6.45) is 1.41. The molecule has 0 saturated carbocycles. The molecule has 0 atom stereocenters. The second-order valence-electron chi connectivity index (χ2n) is 4.89. The van der Waals surface area contributed by atoms with Crippen molar-refractivity contribution in [2.24, 2.45) is 0 Å². The Kier molecular flexibility index (Phi) is 7.23. The number of hydrogen-bond donors (Lipinski definition) is 1. The fourth-order valence-electron chi connectivity index (χ4n) is 1.99. The van der Waals surface area contributed by atoms with Crippen LogP contribution in [0.4, 0.5) is 5.69 Å². The van der Waals surface area contributed by atoms with Gasteiger partial charge in [0.1, 0.15) is 17.7 Å². The highest BCUT2D eigenvalue weighted by atomic mass is 79.9. The third-order valence-electron chi connectivity index (χ3n) is 3.06. The van der Waals surface area contributed by atoms with E-state index < -0.39 is 5.91 Å². The molecule has 0 fully saturated rings. The van der Waals surface area contributed by atoms with Gasteiger partial charge in [-0.05, 0) is 57.9 Å². The van der Waals surface area contributed by atoms with Crippen LogP contribution < -0.4 is 10.1 Å². The summed E-state index contributed by atoms with van der Waals surface area (Å²) in [6.45, 7) is -0.147. The van der Waals surface area contributed by atoms with Crippen LogP contribution in [0.1, 0.15) is 5.56 Å². The van der Waals surface area contributed by atoms with E-state index in [0.717, 1.165) is 4.47 Å². The second kappa shape index (κ2) is 9.40. The number of carbonyl (C=O) groups excluding carboxylic acids is 1. The first-order valence-corrected chi connectivity index (χ1v) is 9.08. The van der Waals surface area contributed by atoms with E-state index in [0.29, 0.717) is 21.5 Å². The van der Waals surface area contributed by atoms with E-state index in [1.807, 2.05) is 18.2 Å². The third-order valence-corrected chi connectivity index (χ3v) is 4.42. The van der Waals surface area contributed by atoms with Crippen molar-refractivity contribution in [3.8, 4) is 17.9 Å². The number of nitrogens with one attached hydrogen (secondary N) is 1. The van der Waals surface area contributed by atoms with Crippen LogP contribution in [0.3, 0.4) is 0 Å². The summed E-state index contributed by atoms with van der Waals surface area (Å²) in [5, 5.41) is 20.8. The molecule has 1 N–H and O–H groups in total. The summed E-state index contributed by atoms with van der Waals surface area (Å²) >= 11 is 12.8. The van der Waals surface area contributed by atoms with Gasteiger partial charge in [0.15, 0.2) is 12.4 Å². The van der Waals surface area contributed by atoms with Crippen LogP contribution in [0.2, 0.25) is 5.02 Å². The molecule has 1 amide bonds. The molecule has 0 unspecified atom stereocenters. The molecule has 2 aromatic rings. The summed E-state index contributed by atoms with van der Waals surface area (Å²) in [5.41, 5.74) is 1.01. The van der Waals surface area contributed by atoms with E-state index in [4.69, 9.17) is 21.6 Å². The maximum absolute atomic E-state index is 12.3. The van der Waals surface area contributed by atoms with Crippen molar-refractivity contribution in [2.45, 2.75) is 0 Å². The molecule has 0 bridgehead atoms. The normalized spacial score (nSPS) is 10.6. The largest absolute Gasteiger partial charge is 0.476 e. The lowest BCUT2D eigenvalue weighted by atomic mass is 10.1.